The molecule has 2 N–H and O–H groups in total. The molecule has 4 atom stereocenters. The molecule has 0 unspecified atom stereocenters. The van der Waals surface area contributed by atoms with Crippen LogP contribution in [-0.4, -0.2) is 50.2 Å². The molecule has 0 spiro atoms. The van der Waals surface area contributed by atoms with Crippen LogP contribution in [0.2, 0.25) is 0 Å². The molecule has 40 heavy (non-hydrogen) atoms. The Hall–Kier alpha value is -2.59. The molecule has 0 bridgehead atoms. The van der Waals surface area contributed by atoms with Crippen molar-refractivity contribution in [1.29, 1.82) is 0 Å². The van der Waals surface area contributed by atoms with Gasteiger partial charge in [0.05, 0.1) is 30.8 Å². The summed E-state index contributed by atoms with van der Waals surface area (Å²) in [6.45, 7) is 8.06. The Kier molecular flexibility index (Phi) is 12.3. The number of aliphatic hydroxyl groups is 2. The highest BCUT2D eigenvalue weighted by atomic mass is 32.2. The molecule has 7 nitrogen and oxygen atoms in total. The number of hydrogen-bond donors (Lipinski definition) is 2. The van der Waals surface area contributed by atoms with Gasteiger partial charge in [-0.25, -0.2) is 0 Å². The van der Waals surface area contributed by atoms with Gasteiger partial charge in [0.1, 0.15) is 12.2 Å². The second kappa shape index (κ2) is 15.4. The van der Waals surface area contributed by atoms with Gasteiger partial charge in [0.25, 0.3) is 10.1 Å². The van der Waals surface area contributed by atoms with E-state index < -0.39 is 35.0 Å². The van der Waals surface area contributed by atoms with E-state index in [-0.39, 0.29) is 17.4 Å². The summed E-state index contributed by atoms with van der Waals surface area (Å²) in [7, 11) is -4.14. The number of ether oxygens (including phenoxy) is 2. The summed E-state index contributed by atoms with van der Waals surface area (Å²) >= 11 is 0. The summed E-state index contributed by atoms with van der Waals surface area (Å²) in [5, 5.41) is 21.8. The Balaban J connectivity index is 1.60. The van der Waals surface area contributed by atoms with E-state index in [0.717, 1.165) is 23.1 Å². The second-order valence-electron chi connectivity index (χ2n) is 10.5. The van der Waals surface area contributed by atoms with Gasteiger partial charge >= 0.3 is 0 Å². The predicted octanol–water partition coefficient (Wildman–Crippen LogP) is 5.26. The van der Waals surface area contributed by atoms with E-state index in [2.05, 4.69) is 0 Å². The first-order valence-corrected chi connectivity index (χ1v) is 15.1. The first-order valence-electron chi connectivity index (χ1n) is 13.7. The van der Waals surface area contributed by atoms with Crippen LogP contribution in [0.4, 0.5) is 0 Å². The van der Waals surface area contributed by atoms with E-state index >= 15 is 0 Å². The molecule has 0 aliphatic carbocycles. The molecule has 0 aliphatic heterocycles. The topological polar surface area (TPSA) is 102 Å². The monoisotopic (exact) mass is 570 g/mol. The van der Waals surface area contributed by atoms with Crippen LogP contribution in [0, 0.1) is 26.7 Å². The minimum Gasteiger partial charge on any atom is -0.388 e. The molecule has 3 aromatic rings. The van der Waals surface area contributed by atoms with Gasteiger partial charge in [-0.1, -0.05) is 85.3 Å². The van der Waals surface area contributed by atoms with Gasteiger partial charge in [-0.15, -0.1) is 0 Å². The molecular weight excluding hydrogens is 528 g/mol. The fraction of sp³-hybridized carbons (Fsp3) is 0.438. The van der Waals surface area contributed by atoms with Crippen molar-refractivity contribution in [2.75, 3.05) is 13.2 Å². The average Bonchev–Trinajstić information content (AvgIpc) is 2.92. The summed E-state index contributed by atoms with van der Waals surface area (Å²) in [4.78, 5) is 0.0841. The van der Waals surface area contributed by atoms with Gasteiger partial charge < -0.3 is 19.7 Å². The molecule has 8 heteroatoms. The number of aryl methyl sites for hydroxylation is 3. The molecule has 3 aromatic carbocycles. The maximum atomic E-state index is 13.0. The normalized spacial score (nSPS) is 14.9. The van der Waals surface area contributed by atoms with E-state index in [1.165, 1.54) is 0 Å². The molecule has 218 valence electrons. The molecule has 0 amide bonds. The van der Waals surface area contributed by atoms with Crippen LogP contribution in [0.1, 0.15) is 47.6 Å². The van der Waals surface area contributed by atoms with E-state index in [1.54, 1.807) is 26.0 Å². The average molecular weight is 571 g/mol. The third-order valence-electron chi connectivity index (χ3n) is 6.83. The van der Waals surface area contributed by atoms with Crippen LogP contribution >= 0.6 is 0 Å². The molecule has 0 aliphatic rings. The van der Waals surface area contributed by atoms with Crippen molar-refractivity contribution in [3.63, 3.8) is 0 Å². The Morgan fingerprint density at radius 1 is 0.825 bits per heavy atom. The number of hydrogen-bond acceptors (Lipinski definition) is 7. The molecule has 0 aromatic heterocycles. The smallest absolute Gasteiger partial charge is 0.297 e. The number of aliphatic hydroxyl groups excluding tert-OH is 2. The van der Waals surface area contributed by atoms with E-state index in [0.29, 0.717) is 30.8 Å². The van der Waals surface area contributed by atoms with Crippen LogP contribution < -0.4 is 0 Å². The van der Waals surface area contributed by atoms with Gasteiger partial charge in [0.2, 0.25) is 0 Å². The minimum absolute atomic E-state index is 0.0841. The van der Waals surface area contributed by atoms with Gasteiger partial charge in [0.15, 0.2) is 0 Å². The third-order valence-corrected chi connectivity index (χ3v) is 8.42. The predicted molar refractivity (Wildman–Crippen MR) is 155 cm³/mol. The fourth-order valence-electron chi connectivity index (χ4n) is 4.77. The summed E-state index contributed by atoms with van der Waals surface area (Å²) in [5.74, 6) is 0.112. The van der Waals surface area contributed by atoms with Crippen molar-refractivity contribution >= 4 is 10.1 Å². The summed E-state index contributed by atoms with van der Waals surface area (Å²) in [6.07, 6.45) is -2.39. The van der Waals surface area contributed by atoms with Gasteiger partial charge in [-0.3, -0.25) is 4.18 Å². The summed E-state index contributed by atoms with van der Waals surface area (Å²) < 4.78 is 43.0. The van der Waals surface area contributed by atoms with Crippen LogP contribution in [0.25, 0.3) is 0 Å². The van der Waals surface area contributed by atoms with Gasteiger partial charge in [-0.05, 0) is 61.8 Å². The van der Waals surface area contributed by atoms with Gasteiger partial charge in [0, 0.05) is 6.61 Å². The lowest BCUT2D eigenvalue weighted by molar-refractivity contribution is -0.111. The van der Waals surface area contributed by atoms with Crippen molar-refractivity contribution in [2.45, 2.75) is 77.0 Å². The Morgan fingerprint density at radius 2 is 1.38 bits per heavy atom. The van der Waals surface area contributed by atoms with Crippen molar-refractivity contribution in [3.05, 3.63) is 101 Å². The van der Waals surface area contributed by atoms with Crippen molar-refractivity contribution < 1.29 is 32.3 Å². The highest BCUT2D eigenvalue weighted by Gasteiger charge is 2.31. The van der Waals surface area contributed by atoms with Crippen molar-refractivity contribution in [2.24, 2.45) is 5.92 Å². The highest BCUT2D eigenvalue weighted by Crippen LogP contribution is 2.25. The fourth-order valence-corrected chi connectivity index (χ4v) is 6.12. The molecule has 0 heterocycles. The van der Waals surface area contributed by atoms with Crippen molar-refractivity contribution in [1.82, 2.24) is 0 Å². The van der Waals surface area contributed by atoms with E-state index in [9.17, 15) is 18.6 Å². The van der Waals surface area contributed by atoms with E-state index in [1.807, 2.05) is 74.5 Å². The quantitative estimate of drug-likeness (QED) is 0.179. The molecule has 0 saturated carbocycles. The zero-order valence-electron chi connectivity index (χ0n) is 23.8. The van der Waals surface area contributed by atoms with Crippen LogP contribution in [0.15, 0.2) is 77.7 Å². The van der Waals surface area contributed by atoms with Crippen molar-refractivity contribution in [3.8, 4) is 0 Å². The highest BCUT2D eigenvalue weighted by molar-refractivity contribution is 7.86. The molecule has 0 fully saturated rings. The largest absolute Gasteiger partial charge is 0.388 e. The first-order chi connectivity index (χ1) is 19.1. The number of benzene rings is 3. The Morgan fingerprint density at radius 3 is 1.95 bits per heavy atom. The SMILES string of the molecule is Cc1cc(C)c(S(=O)(=O)OC[C@@H](O)[C@H](O)[C@@H](C[C@H](C)CCOCc2ccccc2)OCc2ccccc2)c(C)c1. The van der Waals surface area contributed by atoms with Gasteiger partial charge in [-0.2, -0.15) is 8.42 Å². The maximum Gasteiger partial charge on any atom is 0.297 e. The molecule has 3 rings (SSSR count). The lowest BCUT2D eigenvalue weighted by Gasteiger charge is -2.29. The standard InChI is InChI=1S/C32H42O7S/c1-23(15-16-37-20-27-11-7-5-8-12-27)19-30(38-21-28-13-9-6-10-14-28)31(34)29(33)22-39-40(35,36)32-25(3)17-24(2)18-26(32)4/h5-14,17-18,23,29-31,33-34H,15-16,19-22H2,1-4H3/t23-,29-,30-,31+/m1/s1. The maximum absolute atomic E-state index is 13.0. The van der Waals surface area contributed by atoms with Crippen LogP contribution in [-0.2, 0) is 37.0 Å². The summed E-state index contributed by atoms with van der Waals surface area (Å²) in [5.41, 5.74) is 4.11. The Labute approximate surface area is 238 Å². The second-order valence-corrected chi connectivity index (χ2v) is 12.1. The molecule has 0 saturated heterocycles. The summed E-state index contributed by atoms with van der Waals surface area (Å²) in [6, 6.07) is 23.0. The first kappa shape index (κ1) is 31.9. The lowest BCUT2D eigenvalue weighted by atomic mass is 9.95. The molecular formula is C32H42O7S. The Bertz CT molecular complexity index is 1260. The number of rotatable bonds is 16. The van der Waals surface area contributed by atoms with E-state index in [4.69, 9.17) is 13.7 Å². The zero-order valence-corrected chi connectivity index (χ0v) is 24.6. The zero-order chi connectivity index (χ0) is 29.1. The molecule has 0 radical (unpaired) electrons. The van der Waals surface area contributed by atoms with Crippen LogP contribution in [0.3, 0.4) is 0 Å². The minimum atomic E-state index is -4.14. The lowest BCUT2D eigenvalue weighted by Crippen LogP contribution is -2.42. The van der Waals surface area contributed by atoms with Crippen LogP contribution in [0.5, 0.6) is 0 Å². The third kappa shape index (κ3) is 9.80.